The van der Waals surface area contributed by atoms with Crippen LogP contribution in [0.25, 0.3) is 0 Å². The standard InChI is InChI=1S/C20H42O4/c1-3-5-6-7-8-9-10-11-13-20(12-4-2)24-19-18-23-17-16-22-15-14-21/h20-21H,3-19H2,1-2H3. The second-order valence-corrected chi connectivity index (χ2v) is 6.49. The third-order valence-corrected chi connectivity index (χ3v) is 4.18. The summed E-state index contributed by atoms with van der Waals surface area (Å²) in [6.07, 6.45) is 14.8. The van der Waals surface area contributed by atoms with Crippen LogP contribution >= 0.6 is 0 Å². The molecule has 0 aliphatic rings. The maximum atomic E-state index is 8.59. The molecule has 0 saturated carbocycles. The monoisotopic (exact) mass is 346 g/mol. The summed E-state index contributed by atoms with van der Waals surface area (Å²) in [6.45, 7) is 7.35. The minimum Gasteiger partial charge on any atom is -0.394 e. The van der Waals surface area contributed by atoms with Gasteiger partial charge in [-0.3, -0.25) is 0 Å². The molecule has 0 radical (unpaired) electrons. The molecule has 1 atom stereocenters. The first-order chi connectivity index (χ1) is 11.8. The summed E-state index contributed by atoms with van der Waals surface area (Å²) in [5.41, 5.74) is 0. The molecule has 0 fully saturated rings. The zero-order valence-corrected chi connectivity index (χ0v) is 16.3. The van der Waals surface area contributed by atoms with Crippen LogP contribution in [0.2, 0.25) is 0 Å². The van der Waals surface area contributed by atoms with Gasteiger partial charge >= 0.3 is 0 Å². The number of unbranched alkanes of at least 4 members (excludes halogenated alkanes) is 7. The summed E-state index contributed by atoms with van der Waals surface area (Å²) in [5.74, 6) is 0. The largest absolute Gasteiger partial charge is 0.394 e. The first kappa shape index (κ1) is 23.8. The second kappa shape index (κ2) is 20.9. The predicted molar refractivity (Wildman–Crippen MR) is 101 cm³/mol. The fourth-order valence-electron chi connectivity index (χ4n) is 2.80. The van der Waals surface area contributed by atoms with Gasteiger partial charge in [-0.1, -0.05) is 71.6 Å². The highest BCUT2D eigenvalue weighted by molar-refractivity contribution is 4.58. The van der Waals surface area contributed by atoms with E-state index in [4.69, 9.17) is 19.3 Å². The number of ether oxygens (including phenoxy) is 3. The van der Waals surface area contributed by atoms with Crippen LogP contribution in [0.5, 0.6) is 0 Å². The van der Waals surface area contributed by atoms with Crippen LogP contribution in [-0.4, -0.2) is 50.9 Å². The summed E-state index contributed by atoms with van der Waals surface area (Å²) in [6, 6.07) is 0. The molecule has 0 aromatic carbocycles. The summed E-state index contributed by atoms with van der Waals surface area (Å²) >= 11 is 0. The van der Waals surface area contributed by atoms with E-state index in [0.717, 1.165) is 6.42 Å². The van der Waals surface area contributed by atoms with Crippen molar-refractivity contribution in [1.82, 2.24) is 0 Å². The molecule has 0 rings (SSSR count). The Morgan fingerprint density at radius 3 is 1.83 bits per heavy atom. The van der Waals surface area contributed by atoms with Crippen molar-refractivity contribution in [2.75, 3.05) is 39.6 Å². The van der Waals surface area contributed by atoms with Crippen molar-refractivity contribution in [3.05, 3.63) is 0 Å². The van der Waals surface area contributed by atoms with E-state index in [-0.39, 0.29) is 6.61 Å². The minimum atomic E-state index is 0.0700. The summed E-state index contributed by atoms with van der Waals surface area (Å²) < 4.78 is 16.6. The van der Waals surface area contributed by atoms with Crippen LogP contribution in [0.15, 0.2) is 0 Å². The normalized spacial score (nSPS) is 12.6. The highest BCUT2D eigenvalue weighted by Crippen LogP contribution is 2.14. The number of rotatable bonds is 20. The number of aliphatic hydroxyl groups excluding tert-OH is 1. The van der Waals surface area contributed by atoms with Gasteiger partial charge in [0.1, 0.15) is 0 Å². The van der Waals surface area contributed by atoms with Crippen molar-refractivity contribution in [1.29, 1.82) is 0 Å². The van der Waals surface area contributed by atoms with Gasteiger partial charge in [0.25, 0.3) is 0 Å². The van der Waals surface area contributed by atoms with Crippen molar-refractivity contribution in [3.8, 4) is 0 Å². The van der Waals surface area contributed by atoms with Crippen molar-refractivity contribution in [2.24, 2.45) is 0 Å². The second-order valence-electron chi connectivity index (χ2n) is 6.49. The Hall–Kier alpha value is -0.160. The summed E-state index contributed by atoms with van der Waals surface area (Å²) in [5, 5.41) is 8.59. The summed E-state index contributed by atoms with van der Waals surface area (Å²) in [7, 11) is 0. The van der Waals surface area contributed by atoms with E-state index in [9.17, 15) is 0 Å². The van der Waals surface area contributed by atoms with Crippen LogP contribution in [0.1, 0.15) is 84.5 Å². The Bertz CT molecular complexity index is 204. The van der Waals surface area contributed by atoms with E-state index < -0.39 is 0 Å². The zero-order chi connectivity index (χ0) is 17.7. The summed E-state index contributed by atoms with van der Waals surface area (Å²) in [4.78, 5) is 0. The van der Waals surface area contributed by atoms with E-state index in [1.165, 1.54) is 64.2 Å². The smallest absolute Gasteiger partial charge is 0.0704 e. The first-order valence-electron chi connectivity index (χ1n) is 10.2. The lowest BCUT2D eigenvalue weighted by Crippen LogP contribution is -2.17. The van der Waals surface area contributed by atoms with Gasteiger partial charge in [-0.05, 0) is 12.8 Å². The van der Waals surface area contributed by atoms with Gasteiger partial charge < -0.3 is 19.3 Å². The topological polar surface area (TPSA) is 47.9 Å². The molecule has 0 aromatic heterocycles. The molecule has 146 valence electrons. The van der Waals surface area contributed by atoms with Crippen LogP contribution < -0.4 is 0 Å². The third kappa shape index (κ3) is 18.2. The van der Waals surface area contributed by atoms with E-state index >= 15 is 0 Å². The van der Waals surface area contributed by atoms with Gasteiger partial charge in [0.15, 0.2) is 0 Å². The third-order valence-electron chi connectivity index (χ3n) is 4.18. The van der Waals surface area contributed by atoms with Crippen molar-refractivity contribution in [2.45, 2.75) is 90.6 Å². The Kier molecular flexibility index (Phi) is 20.7. The molecule has 4 heteroatoms. The SMILES string of the molecule is CCCCCCCCCCC(CCC)OCCOCCOCCO. The van der Waals surface area contributed by atoms with E-state index in [2.05, 4.69) is 13.8 Å². The lowest BCUT2D eigenvalue weighted by atomic mass is 10.0. The molecule has 0 heterocycles. The van der Waals surface area contributed by atoms with Crippen LogP contribution in [0.4, 0.5) is 0 Å². The predicted octanol–water partition coefficient (Wildman–Crippen LogP) is 4.73. The lowest BCUT2D eigenvalue weighted by Gasteiger charge is -2.17. The number of hydrogen-bond acceptors (Lipinski definition) is 4. The molecule has 0 spiro atoms. The van der Waals surface area contributed by atoms with Gasteiger partial charge in [-0.25, -0.2) is 0 Å². The maximum Gasteiger partial charge on any atom is 0.0704 e. The fourth-order valence-corrected chi connectivity index (χ4v) is 2.80. The highest BCUT2D eigenvalue weighted by atomic mass is 16.5. The van der Waals surface area contributed by atoms with Gasteiger partial charge in [-0.15, -0.1) is 0 Å². The zero-order valence-electron chi connectivity index (χ0n) is 16.3. The highest BCUT2D eigenvalue weighted by Gasteiger charge is 2.07. The number of hydrogen-bond donors (Lipinski definition) is 1. The van der Waals surface area contributed by atoms with Crippen molar-refractivity contribution < 1.29 is 19.3 Å². The Morgan fingerprint density at radius 1 is 0.625 bits per heavy atom. The molecular weight excluding hydrogens is 304 g/mol. The average Bonchev–Trinajstić information content (AvgIpc) is 2.59. The molecule has 4 nitrogen and oxygen atoms in total. The Balaban J connectivity index is 3.43. The van der Waals surface area contributed by atoms with Crippen molar-refractivity contribution >= 4 is 0 Å². The number of aliphatic hydroxyl groups is 1. The van der Waals surface area contributed by atoms with Crippen LogP contribution in [-0.2, 0) is 14.2 Å². The van der Waals surface area contributed by atoms with E-state index in [1.54, 1.807) is 0 Å². The molecule has 0 aromatic rings. The molecule has 0 saturated heterocycles. The van der Waals surface area contributed by atoms with E-state index in [1.807, 2.05) is 0 Å². The maximum absolute atomic E-state index is 8.59. The first-order valence-corrected chi connectivity index (χ1v) is 10.2. The van der Waals surface area contributed by atoms with Crippen LogP contribution in [0, 0.1) is 0 Å². The quantitative estimate of drug-likeness (QED) is 0.324. The Morgan fingerprint density at radius 2 is 1.21 bits per heavy atom. The molecule has 1 N–H and O–H groups in total. The fraction of sp³-hybridized carbons (Fsp3) is 1.00. The Labute approximate surface area is 150 Å². The minimum absolute atomic E-state index is 0.0700. The van der Waals surface area contributed by atoms with Gasteiger partial charge in [-0.2, -0.15) is 0 Å². The van der Waals surface area contributed by atoms with Gasteiger partial charge in [0.05, 0.1) is 45.7 Å². The molecular formula is C20H42O4. The molecule has 0 aliphatic heterocycles. The van der Waals surface area contributed by atoms with E-state index in [0.29, 0.717) is 39.1 Å². The van der Waals surface area contributed by atoms with Crippen LogP contribution in [0.3, 0.4) is 0 Å². The molecule has 0 amide bonds. The molecule has 24 heavy (non-hydrogen) atoms. The molecule has 0 bridgehead atoms. The van der Waals surface area contributed by atoms with Gasteiger partial charge in [0.2, 0.25) is 0 Å². The lowest BCUT2D eigenvalue weighted by molar-refractivity contribution is -0.0195. The average molecular weight is 347 g/mol. The molecule has 0 aliphatic carbocycles. The van der Waals surface area contributed by atoms with Gasteiger partial charge in [0, 0.05) is 0 Å². The van der Waals surface area contributed by atoms with Crippen molar-refractivity contribution in [3.63, 3.8) is 0 Å². The molecule has 1 unspecified atom stereocenters.